The van der Waals surface area contributed by atoms with Crippen molar-refractivity contribution >= 4 is 9.84 Å². The fourth-order valence-electron chi connectivity index (χ4n) is 4.64. The van der Waals surface area contributed by atoms with Crippen LogP contribution in [0.25, 0.3) is 0 Å². The van der Waals surface area contributed by atoms with Crippen molar-refractivity contribution in [2.45, 2.75) is 32.5 Å². The molecule has 1 aromatic rings. The highest BCUT2D eigenvalue weighted by Gasteiger charge is 2.47. The normalized spacial score (nSPS) is 27.0. The average molecular weight is 381 g/mol. The van der Waals surface area contributed by atoms with E-state index in [1.165, 1.54) is 0 Å². The number of hydrogen-bond acceptors (Lipinski definition) is 6. The second-order valence-electron chi connectivity index (χ2n) is 8.88. The maximum Gasteiger partial charge on any atom is 0.153 e. The van der Waals surface area contributed by atoms with Crippen molar-refractivity contribution in [1.82, 2.24) is 19.7 Å². The highest BCUT2D eigenvalue weighted by atomic mass is 32.2. The Morgan fingerprint density at radius 1 is 1.15 bits per heavy atom. The zero-order chi connectivity index (χ0) is 18.9. The lowest BCUT2D eigenvalue weighted by Gasteiger charge is -2.46. The molecule has 0 saturated carbocycles. The van der Waals surface area contributed by atoms with Gasteiger partial charge in [-0.15, -0.1) is 0 Å². The summed E-state index contributed by atoms with van der Waals surface area (Å²) in [5.41, 5.74) is 1.14. The number of aromatic nitrogens is 1. The van der Waals surface area contributed by atoms with E-state index in [-0.39, 0.29) is 29.0 Å². The van der Waals surface area contributed by atoms with Crippen molar-refractivity contribution in [1.29, 1.82) is 0 Å². The van der Waals surface area contributed by atoms with E-state index >= 15 is 0 Å². The molecule has 0 unspecified atom stereocenters. The van der Waals surface area contributed by atoms with Gasteiger partial charge in [0.25, 0.3) is 0 Å². The molecule has 0 bridgehead atoms. The van der Waals surface area contributed by atoms with Crippen LogP contribution in [0.5, 0.6) is 0 Å². The largest absolute Gasteiger partial charge is 0.309 e. The minimum Gasteiger partial charge on any atom is -0.309 e. The van der Waals surface area contributed by atoms with Crippen LogP contribution in [0, 0.1) is 5.41 Å². The van der Waals surface area contributed by atoms with E-state index in [0.29, 0.717) is 0 Å². The molecular formula is C19H32N4O2S. The van der Waals surface area contributed by atoms with Crippen LogP contribution in [-0.4, -0.2) is 92.0 Å². The van der Waals surface area contributed by atoms with Crippen molar-refractivity contribution in [3.8, 4) is 0 Å². The summed E-state index contributed by atoms with van der Waals surface area (Å²) in [5.74, 6) is 0.559. The Labute approximate surface area is 158 Å². The Morgan fingerprint density at radius 3 is 2.42 bits per heavy atom. The van der Waals surface area contributed by atoms with E-state index in [0.717, 1.165) is 38.4 Å². The summed E-state index contributed by atoms with van der Waals surface area (Å²) < 4.78 is 24.8. The molecule has 0 N–H and O–H groups in total. The molecule has 0 spiro atoms. The van der Waals surface area contributed by atoms with E-state index < -0.39 is 9.84 Å². The summed E-state index contributed by atoms with van der Waals surface area (Å²) in [7, 11) is 1.21. The minimum atomic E-state index is -2.98. The molecule has 3 heterocycles. The first kappa shape index (κ1) is 19.7. The molecule has 2 aliphatic heterocycles. The highest BCUT2D eigenvalue weighted by Crippen LogP contribution is 2.30. The first-order valence-corrected chi connectivity index (χ1v) is 11.2. The third-order valence-electron chi connectivity index (χ3n) is 5.37. The van der Waals surface area contributed by atoms with Crippen LogP contribution in [-0.2, 0) is 16.4 Å². The van der Waals surface area contributed by atoms with Crippen LogP contribution in [0.4, 0.5) is 0 Å². The summed E-state index contributed by atoms with van der Waals surface area (Å²) in [6, 6.07) is 6.10. The number of fused-ring (bicyclic) bond motifs is 1. The summed E-state index contributed by atoms with van der Waals surface area (Å²) in [5, 5.41) is 0. The number of hydrogen-bond donors (Lipinski definition) is 0. The molecule has 146 valence electrons. The smallest absolute Gasteiger partial charge is 0.153 e. The van der Waals surface area contributed by atoms with Crippen molar-refractivity contribution in [2.75, 3.05) is 51.8 Å². The lowest BCUT2D eigenvalue weighted by molar-refractivity contribution is 0.0138. The van der Waals surface area contributed by atoms with E-state index in [1.807, 2.05) is 18.2 Å². The van der Waals surface area contributed by atoms with Gasteiger partial charge in [-0.25, -0.2) is 8.42 Å². The minimum absolute atomic E-state index is 0.0749. The molecule has 2 atom stereocenters. The fraction of sp³-hybridized carbons (Fsp3) is 0.737. The predicted molar refractivity (Wildman–Crippen MR) is 105 cm³/mol. The lowest BCUT2D eigenvalue weighted by Crippen LogP contribution is -2.60. The van der Waals surface area contributed by atoms with Gasteiger partial charge in [0.2, 0.25) is 0 Å². The van der Waals surface area contributed by atoms with Crippen molar-refractivity contribution in [2.24, 2.45) is 5.41 Å². The van der Waals surface area contributed by atoms with Gasteiger partial charge in [0.15, 0.2) is 9.84 Å². The Hall–Kier alpha value is -1.02. The zero-order valence-electron chi connectivity index (χ0n) is 16.4. The van der Waals surface area contributed by atoms with Gasteiger partial charge in [0.05, 0.1) is 17.2 Å². The molecule has 6 nitrogen and oxygen atoms in total. The van der Waals surface area contributed by atoms with E-state index in [1.54, 1.807) is 6.20 Å². The van der Waals surface area contributed by atoms with Gasteiger partial charge < -0.3 is 4.90 Å². The quantitative estimate of drug-likeness (QED) is 0.733. The Balaban J connectivity index is 1.74. The number of nitrogens with zero attached hydrogens (tertiary/aromatic N) is 4. The van der Waals surface area contributed by atoms with Gasteiger partial charge in [0, 0.05) is 51.0 Å². The molecule has 0 aromatic carbocycles. The average Bonchev–Trinajstić information content (AvgIpc) is 2.85. The maximum absolute atomic E-state index is 12.4. The van der Waals surface area contributed by atoms with Crippen molar-refractivity contribution in [3.63, 3.8) is 0 Å². The molecule has 0 radical (unpaired) electrons. The number of rotatable bonds is 6. The Morgan fingerprint density at radius 2 is 1.81 bits per heavy atom. The van der Waals surface area contributed by atoms with Crippen LogP contribution >= 0.6 is 0 Å². The standard InChI is InChI=1S/C19H32N4O2S/c1-19(2,14-21(3)4)15-23-10-9-22(11-16-7-5-6-8-20-16)17-12-26(24,25)13-18(17)23/h5-8,17-18H,9-15H2,1-4H3/t17-,18+/m1/s1. The SMILES string of the molecule is CN(C)CC(C)(C)CN1CCN(Cc2ccccn2)[C@@H]2CS(=O)(=O)C[C@@H]21. The molecule has 0 amide bonds. The molecule has 1 aromatic heterocycles. The topological polar surface area (TPSA) is 56.8 Å². The molecule has 7 heteroatoms. The second-order valence-corrected chi connectivity index (χ2v) is 11.0. The molecule has 0 aliphatic carbocycles. The molecular weight excluding hydrogens is 348 g/mol. The molecule has 2 saturated heterocycles. The second kappa shape index (κ2) is 7.54. The van der Waals surface area contributed by atoms with Gasteiger partial charge >= 0.3 is 0 Å². The number of piperazine rings is 1. The predicted octanol–water partition coefficient (Wildman–Crippen LogP) is 0.953. The summed E-state index contributed by atoms with van der Waals surface area (Å²) >= 11 is 0. The Kier molecular flexibility index (Phi) is 5.72. The first-order chi connectivity index (χ1) is 12.2. The van der Waals surface area contributed by atoms with Crippen molar-refractivity contribution < 1.29 is 8.42 Å². The van der Waals surface area contributed by atoms with Gasteiger partial charge in [0.1, 0.15) is 0 Å². The van der Waals surface area contributed by atoms with Gasteiger partial charge in [-0.1, -0.05) is 19.9 Å². The van der Waals surface area contributed by atoms with Crippen LogP contribution in [0.2, 0.25) is 0 Å². The third kappa shape index (κ3) is 4.82. The van der Waals surface area contributed by atoms with Crippen LogP contribution in [0.1, 0.15) is 19.5 Å². The molecule has 2 fully saturated rings. The number of sulfone groups is 1. The van der Waals surface area contributed by atoms with Gasteiger partial charge in [-0.2, -0.15) is 0 Å². The monoisotopic (exact) mass is 380 g/mol. The molecule has 2 aliphatic rings. The maximum atomic E-state index is 12.4. The lowest BCUT2D eigenvalue weighted by atomic mass is 9.90. The molecule has 26 heavy (non-hydrogen) atoms. The Bertz CT molecular complexity index is 706. The summed E-state index contributed by atoms with van der Waals surface area (Å²) in [4.78, 5) is 11.4. The van der Waals surface area contributed by atoms with Crippen LogP contribution in [0.15, 0.2) is 24.4 Å². The van der Waals surface area contributed by atoms with Crippen LogP contribution in [0.3, 0.4) is 0 Å². The number of pyridine rings is 1. The van der Waals surface area contributed by atoms with Gasteiger partial charge in [-0.3, -0.25) is 14.8 Å². The van der Waals surface area contributed by atoms with Crippen LogP contribution < -0.4 is 0 Å². The van der Waals surface area contributed by atoms with E-state index in [4.69, 9.17) is 0 Å². The fourth-order valence-corrected chi connectivity index (χ4v) is 6.69. The zero-order valence-corrected chi connectivity index (χ0v) is 17.2. The summed E-state index contributed by atoms with van der Waals surface area (Å²) in [6.45, 7) is 9.00. The summed E-state index contributed by atoms with van der Waals surface area (Å²) in [6.07, 6.45) is 1.80. The van der Waals surface area contributed by atoms with Crippen molar-refractivity contribution in [3.05, 3.63) is 30.1 Å². The first-order valence-electron chi connectivity index (χ1n) is 9.38. The van der Waals surface area contributed by atoms with Gasteiger partial charge in [-0.05, 0) is 31.6 Å². The third-order valence-corrected chi connectivity index (χ3v) is 7.07. The van der Waals surface area contributed by atoms with E-state index in [2.05, 4.69) is 47.6 Å². The molecule has 3 rings (SSSR count). The van der Waals surface area contributed by atoms with E-state index in [9.17, 15) is 8.42 Å². The highest BCUT2D eigenvalue weighted by molar-refractivity contribution is 7.91.